The van der Waals surface area contributed by atoms with Crippen molar-refractivity contribution in [3.05, 3.63) is 209 Å². The van der Waals surface area contributed by atoms with E-state index in [1.807, 2.05) is 89.5 Å². The van der Waals surface area contributed by atoms with E-state index in [2.05, 4.69) is 209 Å². The largest absolute Gasteiger partial charge is 0.498 e. The molecule has 1 aliphatic rings. The summed E-state index contributed by atoms with van der Waals surface area (Å²) in [6.45, 7) is 27.7. The van der Waals surface area contributed by atoms with Gasteiger partial charge in [-0.25, -0.2) is 9.97 Å². The zero-order valence-corrected chi connectivity index (χ0v) is 48.7. The molecule has 12 nitrogen and oxygen atoms in total. The first-order chi connectivity index (χ1) is 37.1. The van der Waals surface area contributed by atoms with Gasteiger partial charge in [-0.3, -0.25) is 9.36 Å². The Morgan fingerprint density at radius 2 is 0.923 bits per heavy atom. The van der Waals surface area contributed by atoms with E-state index in [4.69, 9.17) is 28.8 Å². The van der Waals surface area contributed by atoms with Crippen LogP contribution in [0.3, 0.4) is 0 Å². The van der Waals surface area contributed by atoms with Crippen LogP contribution < -0.4 is 14.9 Å². The first-order valence-electron chi connectivity index (χ1n) is 26.7. The molecule has 1 fully saturated rings. The molecule has 0 bridgehead atoms. The first kappa shape index (κ1) is 55.5. The fourth-order valence-electron chi connectivity index (χ4n) is 9.01. The van der Waals surface area contributed by atoms with Gasteiger partial charge >= 0.3 is 7.12 Å². The minimum absolute atomic E-state index is 0.0259. The lowest BCUT2D eigenvalue weighted by Crippen LogP contribution is -2.41. The SMILES string of the molecule is CC(C)(C)n1cc(B2OC(C)(C)C(C)(C)O2)cn1.Cc1nc2c(OCc3ccccc3)cc(-c3cnn(C(C)(C)C)c3)cc2n1Cc1ccccc1.Cc1nc2c(OCc3ccccc3)cc(Br)cc2n1Cc1ccccc1. The highest BCUT2D eigenvalue weighted by Crippen LogP contribution is 2.38. The summed E-state index contributed by atoms with van der Waals surface area (Å²) in [6, 6.07) is 49.7. The van der Waals surface area contributed by atoms with Crippen molar-refractivity contribution in [3.8, 4) is 22.6 Å². The number of hydrogen-bond acceptors (Lipinski definition) is 8. The smallest absolute Gasteiger partial charge is 0.487 e. The standard InChI is InChI=1S/C29H30N4O.C22H19BrN2O.C13H23BN2O2/c1-21-31-28-26(32(21)18-22-11-7-5-8-12-22)15-24(25-17-30-33(19-25)29(2,3)4)16-27(28)34-20-23-13-9-6-10-14-23;1-16-24-22-20(25(16)14-17-8-4-2-5-9-17)12-19(23)13-21(22)26-15-18-10-6-3-7-11-18;1-11(2,3)16-9-10(8-15-16)14-17-12(4,5)13(6,7)18-14/h5-17,19H,18,20H2,1-4H3;2-13H,14-15H2,1H3;8-9H,1-7H3. The number of fused-ring (bicyclic) bond motifs is 2. The Hall–Kier alpha value is -7.26. The molecule has 0 amide bonds. The molecule has 4 aromatic heterocycles. The van der Waals surface area contributed by atoms with Crippen LogP contribution in [0.2, 0.25) is 0 Å². The second-order valence-electron chi connectivity index (χ2n) is 22.9. The summed E-state index contributed by atoms with van der Waals surface area (Å²) < 4.78 is 33.9. The molecule has 10 aromatic rings. The molecular weight excluding hydrogens is 1040 g/mol. The van der Waals surface area contributed by atoms with Gasteiger partial charge in [0, 0.05) is 47.2 Å². The maximum atomic E-state index is 6.36. The van der Waals surface area contributed by atoms with Crippen molar-refractivity contribution in [1.82, 2.24) is 38.7 Å². The Bertz CT molecular complexity index is 3580. The van der Waals surface area contributed by atoms with Crippen LogP contribution in [0.25, 0.3) is 33.2 Å². The van der Waals surface area contributed by atoms with E-state index >= 15 is 0 Å². The molecule has 5 heterocycles. The molecule has 78 heavy (non-hydrogen) atoms. The quantitative estimate of drug-likeness (QED) is 0.111. The van der Waals surface area contributed by atoms with Crippen LogP contribution in [0.15, 0.2) is 175 Å². The van der Waals surface area contributed by atoms with Gasteiger partial charge in [0.05, 0.1) is 39.5 Å². The van der Waals surface area contributed by atoms with Crippen molar-refractivity contribution >= 4 is 50.6 Å². The Morgan fingerprint density at radius 1 is 0.513 bits per heavy atom. The number of aryl methyl sites for hydroxylation is 2. The Labute approximate surface area is 468 Å². The zero-order valence-electron chi connectivity index (χ0n) is 47.2. The van der Waals surface area contributed by atoms with Crippen molar-refractivity contribution in [2.45, 2.75) is 132 Å². The van der Waals surface area contributed by atoms with Crippen molar-refractivity contribution in [2.75, 3.05) is 0 Å². The molecule has 11 rings (SSSR count). The maximum absolute atomic E-state index is 6.36. The van der Waals surface area contributed by atoms with Gasteiger partial charge < -0.3 is 27.9 Å². The van der Waals surface area contributed by atoms with Crippen LogP contribution >= 0.6 is 15.9 Å². The van der Waals surface area contributed by atoms with E-state index in [0.717, 1.165) is 90.5 Å². The molecule has 402 valence electrons. The van der Waals surface area contributed by atoms with Crippen LogP contribution in [0, 0.1) is 13.8 Å². The van der Waals surface area contributed by atoms with Gasteiger partial charge in [0.2, 0.25) is 0 Å². The van der Waals surface area contributed by atoms with E-state index < -0.39 is 0 Å². The van der Waals surface area contributed by atoms with Crippen LogP contribution in [-0.4, -0.2) is 57.0 Å². The van der Waals surface area contributed by atoms with Gasteiger partial charge in [-0.15, -0.1) is 0 Å². The average Bonchev–Trinajstić information content (AvgIpc) is 4.31. The van der Waals surface area contributed by atoms with Crippen molar-refractivity contribution in [3.63, 3.8) is 0 Å². The first-order valence-corrected chi connectivity index (χ1v) is 27.5. The molecule has 0 saturated carbocycles. The summed E-state index contributed by atoms with van der Waals surface area (Å²) >= 11 is 3.62. The van der Waals surface area contributed by atoms with Crippen LogP contribution in [-0.2, 0) is 46.7 Å². The predicted molar refractivity (Wildman–Crippen MR) is 318 cm³/mol. The predicted octanol–water partition coefficient (Wildman–Crippen LogP) is 14.3. The third kappa shape index (κ3) is 13.0. The van der Waals surface area contributed by atoms with Gasteiger partial charge in [-0.1, -0.05) is 137 Å². The molecule has 0 spiro atoms. The number of imidazole rings is 2. The molecule has 0 aliphatic carbocycles. The summed E-state index contributed by atoms with van der Waals surface area (Å²) in [7, 11) is -0.328. The Kier molecular flexibility index (Phi) is 16.4. The summed E-state index contributed by atoms with van der Waals surface area (Å²) in [6.07, 6.45) is 7.86. The number of hydrogen-bond donors (Lipinski definition) is 0. The second kappa shape index (κ2) is 23.0. The summed E-state index contributed by atoms with van der Waals surface area (Å²) in [5, 5.41) is 9.00. The van der Waals surface area contributed by atoms with E-state index in [0.29, 0.717) is 13.2 Å². The fourth-order valence-corrected chi connectivity index (χ4v) is 9.44. The molecule has 1 aliphatic heterocycles. The van der Waals surface area contributed by atoms with Crippen LogP contribution in [0.1, 0.15) is 103 Å². The lowest BCUT2D eigenvalue weighted by atomic mass is 9.82. The molecule has 0 atom stereocenters. The van der Waals surface area contributed by atoms with E-state index in [9.17, 15) is 0 Å². The highest BCUT2D eigenvalue weighted by Gasteiger charge is 2.52. The fraction of sp³-hybridized carbons (Fsp3) is 0.312. The van der Waals surface area contributed by atoms with Crippen molar-refractivity contribution in [2.24, 2.45) is 0 Å². The maximum Gasteiger partial charge on any atom is 0.498 e. The molecule has 1 saturated heterocycles. The minimum Gasteiger partial charge on any atom is -0.487 e. The number of nitrogens with zero attached hydrogens (tertiary/aromatic N) is 8. The summed E-state index contributed by atoms with van der Waals surface area (Å²) in [4.78, 5) is 9.70. The van der Waals surface area contributed by atoms with E-state index in [1.165, 1.54) is 11.1 Å². The third-order valence-electron chi connectivity index (χ3n) is 14.2. The van der Waals surface area contributed by atoms with Gasteiger partial charge in [-0.2, -0.15) is 10.2 Å². The van der Waals surface area contributed by atoms with Crippen molar-refractivity contribution < 1.29 is 18.8 Å². The highest BCUT2D eigenvalue weighted by atomic mass is 79.9. The molecule has 6 aromatic carbocycles. The monoisotopic (exact) mass is 1110 g/mol. The van der Waals surface area contributed by atoms with Crippen molar-refractivity contribution in [1.29, 1.82) is 0 Å². The van der Waals surface area contributed by atoms with Gasteiger partial charge in [0.25, 0.3) is 0 Å². The lowest BCUT2D eigenvalue weighted by molar-refractivity contribution is 0.00578. The van der Waals surface area contributed by atoms with Crippen LogP contribution in [0.5, 0.6) is 11.5 Å². The highest BCUT2D eigenvalue weighted by molar-refractivity contribution is 9.10. The van der Waals surface area contributed by atoms with E-state index in [-0.39, 0.29) is 29.4 Å². The van der Waals surface area contributed by atoms with E-state index in [1.54, 1.807) is 0 Å². The normalized spacial score (nSPS) is 14.0. The molecule has 14 heteroatoms. The zero-order chi connectivity index (χ0) is 55.4. The summed E-state index contributed by atoms with van der Waals surface area (Å²) in [5.41, 5.74) is 11.1. The number of rotatable bonds is 12. The second-order valence-corrected chi connectivity index (χ2v) is 23.9. The molecule has 0 unspecified atom stereocenters. The average molecular weight is 1110 g/mol. The number of halogens is 1. The number of benzene rings is 6. The molecule has 0 N–H and O–H groups in total. The molecular formula is C64H72BBrN8O4. The van der Waals surface area contributed by atoms with Crippen LogP contribution in [0.4, 0.5) is 0 Å². The summed E-state index contributed by atoms with van der Waals surface area (Å²) in [5.74, 6) is 3.53. The Morgan fingerprint density at radius 3 is 1.36 bits per heavy atom. The molecule has 0 radical (unpaired) electrons. The number of ether oxygens (including phenoxy) is 2. The topological polar surface area (TPSA) is 108 Å². The lowest BCUT2D eigenvalue weighted by Gasteiger charge is -2.32. The minimum atomic E-state index is -0.328. The Balaban J connectivity index is 0.000000149. The third-order valence-corrected chi connectivity index (χ3v) is 14.7. The van der Waals surface area contributed by atoms with Gasteiger partial charge in [0.15, 0.2) is 0 Å². The number of aromatic nitrogens is 8. The van der Waals surface area contributed by atoms with Gasteiger partial charge in [0.1, 0.15) is 47.4 Å². The van der Waals surface area contributed by atoms with Gasteiger partial charge in [-0.05, 0) is 135 Å².